The number of rotatable bonds is 15. The lowest BCUT2D eigenvalue weighted by molar-refractivity contribution is -0.362. The monoisotopic (exact) mass is 908 g/mol. The Morgan fingerprint density at radius 2 is 1.54 bits per heavy atom. The summed E-state index contributed by atoms with van der Waals surface area (Å²) in [5.74, 6) is -0.957. The first-order chi connectivity index (χ1) is 31.4. The highest BCUT2D eigenvalue weighted by molar-refractivity contribution is 8.01. The van der Waals surface area contributed by atoms with Gasteiger partial charge in [-0.2, -0.15) is 10.2 Å². The van der Waals surface area contributed by atoms with E-state index in [4.69, 9.17) is 4.74 Å². The number of fused-ring (bicyclic) bond motifs is 3. The number of ketones is 1. The van der Waals surface area contributed by atoms with Crippen molar-refractivity contribution in [3.05, 3.63) is 172 Å². The molecule has 4 aromatic carbocycles. The Morgan fingerprint density at radius 1 is 0.908 bits per heavy atom. The summed E-state index contributed by atoms with van der Waals surface area (Å²) in [7, 11) is 3.96. The van der Waals surface area contributed by atoms with E-state index in [1.165, 1.54) is 28.4 Å². The highest BCUT2D eigenvalue weighted by Crippen LogP contribution is 2.47. The second-order valence-electron chi connectivity index (χ2n) is 16.8. The van der Waals surface area contributed by atoms with Gasteiger partial charge in [0.25, 0.3) is 0 Å². The third-order valence-corrected chi connectivity index (χ3v) is 14.7. The highest BCUT2D eigenvalue weighted by Gasteiger charge is 2.55. The standard InChI is InChI=1S/C50H47BF2N6O4S2/c1-32-27-33(2)58-45(32)28-41-22-21-40(59(41)51(58,52)53)23-24-42(60)29-44-48(61)57-46(50(62)63-47(34-11-7-5-8-12-34)35-13-9-6-10-14-35)36(31-65-49(44)57)30-64-43-25-17-38(18-26-43)55-54-37-15-19-39(20-16-37)56(3)4/h5-22,25-28,44,47,49H,23-24,29-31H2,1-4H3. The number of ether oxygens (including phenoxy) is 1. The molecule has 0 bridgehead atoms. The molecule has 1 aromatic heterocycles. The number of carbonyl (C=O) groups excluding carboxylic acids is 3. The van der Waals surface area contributed by atoms with Gasteiger partial charge >= 0.3 is 12.9 Å². The van der Waals surface area contributed by atoms with Crippen molar-refractivity contribution in [2.24, 2.45) is 16.1 Å². The van der Waals surface area contributed by atoms with Crippen LogP contribution in [0.1, 0.15) is 53.4 Å². The molecule has 1 amide bonds. The van der Waals surface area contributed by atoms with Crippen molar-refractivity contribution in [2.45, 2.75) is 49.5 Å². The molecule has 330 valence electrons. The minimum absolute atomic E-state index is 0.000180. The summed E-state index contributed by atoms with van der Waals surface area (Å²) in [6, 6.07) is 36.2. The minimum Gasteiger partial charge on any atom is -0.448 e. The molecule has 2 atom stereocenters. The number of hydrogen-bond acceptors (Lipinski definition) is 9. The van der Waals surface area contributed by atoms with Crippen molar-refractivity contribution >= 4 is 77.0 Å². The maximum Gasteiger partial charge on any atom is 0.737 e. The zero-order valence-corrected chi connectivity index (χ0v) is 38.1. The van der Waals surface area contributed by atoms with Gasteiger partial charge in [0.05, 0.1) is 22.7 Å². The van der Waals surface area contributed by atoms with Crippen LogP contribution in [-0.2, 0) is 19.1 Å². The SMILES string of the molecule is Cc1cc(C)n2c1C=C1C=CC(CCC(=O)CC3C(=O)N4C(C(=O)OC(c5ccccc5)c5ccccc5)=C(CSc5ccc(N=Nc6ccc(N(C)C)cc6)cc5)CSC34)=[N+]1[B-]2(F)F. The van der Waals surface area contributed by atoms with Gasteiger partial charge in [-0.1, -0.05) is 60.7 Å². The van der Waals surface area contributed by atoms with Crippen LogP contribution >= 0.6 is 23.5 Å². The summed E-state index contributed by atoms with van der Waals surface area (Å²) in [6.45, 7) is -0.656. The number of allylic oxidation sites excluding steroid dienone is 2. The van der Waals surface area contributed by atoms with E-state index in [1.54, 1.807) is 31.2 Å². The first kappa shape index (κ1) is 43.9. The summed E-state index contributed by atoms with van der Waals surface area (Å²) >= 11 is 3.05. The maximum absolute atomic E-state index is 16.1. The smallest absolute Gasteiger partial charge is 0.448 e. The fraction of sp³-hybridized carbons (Fsp3) is 0.240. The van der Waals surface area contributed by atoms with Gasteiger partial charge in [-0.15, -0.1) is 23.5 Å². The van der Waals surface area contributed by atoms with Crippen molar-refractivity contribution in [1.82, 2.24) is 9.38 Å². The van der Waals surface area contributed by atoms with Gasteiger partial charge in [-0.05, 0) is 96.4 Å². The first-order valence-corrected chi connectivity index (χ1v) is 23.6. The van der Waals surface area contributed by atoms with Crippen LogP contribution in [0.4, 0.5) is 25.7 Å². The Bertz CT molecular complexity index is 2790. The Kier molecular flexibility index (Phi) is 12.4. The van der Waals surface area contributed by atoms with Gasteiger partial charge in [0.1, 0.15) is 17.2 Å². The number of thioether (sulfide) groups is 2. The number of carbonyl (C=O) groups is 3. The molecule has 0 aliphatic carbocycles. The molecule has 4 aliphatic heterocycles. The molecular formula is C50H47BF2N6O4S2. The number of anilines is 1. The van der Waals surface area contributed by atoms with Gasteiger partial charge in [-0.25, -0.2) is 4.79 Å². The molecule has 0 saturated carbocycles. The quantitative estimate of drug-likeness (QED) is 0.0339. The van der Waals surface area contributed by atoms with E-state index in [9.17, 15) is 14.4 Å². The summed E-state index contributed by atoms with van der Waals surface area (Å²) in [5, 5.41) is 8.32. The predicted octanol–water partition coefficient (Wildman–Crippen LogP) is 10.8. The molecule has 4 aliphatic rings. The number of esters is 1. The molecule has 2 unspecified atom stereocenters. The molecule has 9 rings (SSSR count). The third kappa shape index (κ3) is 8.79. The second-order valence-corrected chi connectivity index (χ2v) is 18.9. The van der Waals surface area contributed by atoms with Crippen LogP contribution in [0.25, 0.3) is 6.08 Å². The highest BCUT2D eigenvalue weighted by atomic mass is 32.2. The number of amides is 1. The Morgan fingerprint density at radius 3 is 2.17 bits per heavy atom. The van der Waals surface area contributed by atoms with Crippen LogP contribution in [0.2, 0.25) is 0 Å². The molecule has 0 spiro atoms. The van der Waals surface area contributed by atoms with Crippen molar-refractivity contribution in [3.63, 3.8) is 0 Å². The van der Waals surface area contributed by atoms with E-state index in [0.29, 0.717) is 40.0 Å². The predicted molar refractivity (Wildman–Crippen MR) is 255 cm³/mol. The van der Waals surface area contributed by atoms with Crippen LogP contribution in [0.5, 0.6) is 0 Å². The van der Waals surface area contributed by atoms with Crippen LogP contribution in [0.3, 0.4) is 0 Å². The Labute approximate surface area is 385 Å². The molecule has 0 radical (unpaired) electrons. The van der Waals surface area contributed by atoms with Crippen LogP contribution < -0.4 is 4.90 Å². The van der Waals surface area contributed by atoms with Gasteiger partial charge in [0, 0.05) is 79.4 Å². The van der Waals surface area contributed by atoms with Crippen molar-refractivity contribution in [1.29, 1.82) is 0 Å². The van der Waals surface area contributed by atoms with Gasteiger partial charge in [0.2, 0.25) is 5.91 Å². The number of hydrogen-bond donors (Lipinski definition) is 0. The number of aromatic nitrogens is 1. The normalized spacial score (nSPS) is 18.4. The fourth-order valence-corrected chi connectivity index (χ4v) is 11.3. The molecular weight excluding hydrogens is 862 g/mol. The molecule has 5 aromatic rings. The number of halogens is 2. The molecule has 0 N–H and O–H groups in total. The fourth-order valence-electron chi connectivity index (χ4n) is 8.89. The lowest BCUT2D eigenvalue weighted by atomic mass is 9.88. The van der Waals surface area contributed by atoms with Crippen LogP contribution in [0.15, 0.2) is 160 Å². The zero-order valence-electron chi connectivity index (χ0n) is 36.4. The third-order valence-electron chi connectivity index (χ3n) is 12.2. The lowest BCUT2D eigenvalue weighted by Crippen LogP contribution is -2.62. The van der Waals surface area contributed by atoms with E-state index in [-0.39, 0.29) is 36.6 Å². The van der Waals surface area contributed by atoms with E-state index in [2.05, 4.69) is 10.2 Å². The van der Waals surface area contributed by atoms with E-state index >= 15 is 8.63 Å². The number of nitrogens with zero attached hydrogens (tertiary/aromatic N) is 6. The molecule has 1 fully saturated rings. The van der Waals surface area contributed by atoms with Crippen LogP contribution in [-0.4, -0.2) is 75.2 Å². The second kappa shape index (κ2) is 18.3. The Balaban J connectivity index is 0.918. The van der Waals surface area contributed by atoms with Gasteiger partial charge in [0.15, 0.2) is 11.8 Å². The van der Waals surface area contributed by atoms with Crippen molar-refractivity contribution < 1.29 is 32.2 Å². The van der Waals surface area contributed by atoms with Crippen molar-refractivity contribution in [2.75, 3.05) is 30.5 Å². The largest absolute Gasteiger partial charge is 0.737 e. The van der Waals surface area contributed by atoms with Crippen molar-refractivity contribution in [3.8, 4) is 0 Å². The van der Waals surface area contributed by atoms with E-state index < -0.39 is 30.3 Å². The summed E-state index contributed by atoms with van der Waals surface area (Å²) in [5.41, 5.74) is 7.54. The number of aryl methyl sites for hydroxylation is 2. The molecule has 5 heterocycles. The summed E-state index contributed by atoms with van der Waals surface area (Å²) < 4.78 is 40.6. The summed E-state index contributed by atoms with van der Waals surface area (Å²) in [6.07, 6.45) is 4.41. The first-order valence-electron chi connectivity index (χ1n) is 21.5. The number of azo groups is 1. The number of benzene rings is 4. The molecule has 10 nitrogen and oxygen atoms in total. The zero-order chi connectivity index (χ0) is 45.4. The molecule has 1 saturated heterocycles. The lowest BCUT2D eigenvalue weighted by Gasteiger charge is -2.50. The number of β-lactam (4-membered cyclic amide) rings is 1. The molecule has 15 heteroatoms. The van der Waals surface area contributed by atoms with Gasteiger partial charge < -0.3 is 27.2 Å². The molecule has 65 heavy (non-hydrogen) atoms. The average molecular weight is 909 g/mol. The van der Waals surface area contributed by atoms with Gasteiger partial charge in [-0.3, -0.25) is 14.5 Å². The number of Topliss-reactive ketones (excluding diaryl/α,β-unsaturated/α-hetero) is 1. The topological polar surface area (TPSA) is 99.6 Å². The Hall–Kier alpha value is -6.32. The summed E-state index contributed by atoms with van der Waals surface area (Å²) in [4.78, 5) is 46.8. The maximum atomic E-state index is 16.1. The van der Waals surface area contributed by atoms with E-state index in [1.807, 2.05) is 135 Å². The average Bonchev–Trinajstić information content (AvgIpc) is 3.88. The van der Waals surface area contributed by atoms with Crippen LogP contribution in [0, 0.1) is 19.8 Å². The minimum atomic E-state index is -4.15. The van der Waals surface area contributed by atoms with E-state index in [0.717, 1.165) is 47.5 Å².